The highest BCUT2D eigenvalue weighted by Gasteiger charge is 2.22. The maximum Gasteiger partial charge on any atom is 0.196 e. The van der Waals surface area contributed by atoms with Crippen LogP contribution in [0.1, 0.15) is 32.6 Å². The summed E-state index contributed by atoms with van der Waals surface area (Å²) < 4.78 is 5.68. The molecule has 1 aliphatic heterocycles. The number of aryl methyl sites for hydroxylation is 3. The summed E-state index contributed by atoms with van der Waals surface area (Å²) >= 11 is 0. The molecule has 0 bridgehead atoms. The van der Waals surface area contributed by atoms with E-state index in [0.29, 0.717) is 23.5 Å². The maximum absolute atomic E-state index is 12.5. The van der Waals surface area contributed by atoms with E-state index >= 15 is 0 Å². The summed E-state index contributed by atoms with van der Waals surface area (Å²) in [7, 11) is 0. The monoisotopic (exact) mass is 278 g/mol. The van der Waals surface area contributed by atoms with Crippen molar-refractivity contribution in [2.24, 2.45) is 0 Å². The number of para-hydroxylation sites is 1. The molecule has 3 rings (SSSR count). The van der Waals surface area contributed by atoms with Gasteiger partial charge in [0.2, 0.25) is 0 Å². The SMILES string of the molecule is Cc1cc(C)c(C=C2COc3ccccc3C2=O)cc1C. The van der Waals surface area contributed by atoms with Crippen LogP contribution < -0.4 is 4.74 Å². The second-order valence-electron chi connectivity index (χ2n) is 5.58. The van der Waals surface area contributed by atoms with Gasteiger partial charge in [-0.3, -0.25) is 4.79 Å². The highest BCUT2D eigenvalue weighted by Crippen LogP contribution is 2.28. The van der Waals surface area contributed by atoms with Gasteiger partial charge in [0.1, 0.15) is 12.4 Å². The van der Waals surface area contributed by atoms with Crippen LogP contribution in [0.25, 0.3) is 6.08 Å². The van der Waals surface area contributed by atoms with Crippen LogP contribution in [0.2, 0.25) is 0 Å². The van der Waals surface area contributed by atoms with E-state index in [1.165, 1.54) is 16.7 Å². The lowest BCUT2D eigenvalue weighted by atomic mass is 9.95. The lowest BCUT2D eigenvalue weighted by Crippen LogP contribution is -2.18. The quantitative estimate of drug-likeness (QED) is 0.728. The molecule has 0 aliphatic carbocycles. The smallest absolute Gasteiger partial charge is 0.196 e. The second kappa shape index (κ2) is 5.21. The van der Waals surface area contributed by atoms with Crippen molar-refractivity contribution in [2.75, 3.05) is 6.61 Å². The summed E-state index contributed by atoms with van der Waals surface area (Å²) in [4.78, 5) is 12.5. The Labute approximate surface area is 125 Å². The van der Waals surface area contributed by atoms with E-state index in [-0.39, 0.29) is 5.78 Å². The molecule has 2 nitrogen and oxygen atoms in total. The summed E-state index contributed by atoms with van der Waals surface area (Å²) in [5.41, 5.74) is 6.13. The fraction of sp³-hybridized carbons (Fsp3) is 0.211. The molecule has 0 saturated heterocycles. The molecular weight excluding hydrogens is 260 g/mol. The molecule has 1 heterocycles. The number of hydrogen-bond donors (Lipinski definition) is 0. The molecule has 0 N–H and O–H groups in total. The summed E-state index contributed by atoms with van der Waals surface area (Å²) in [6, 6.07) is 11.7. The van der Waals surface area contributed by atoms with Crippen LogP contribution >= 0.6 is 0 Å². The van der Waals surface area contributed by atoms with E-state index in [0.717, 1.165) is 5.56 Å². The van der Waals surface area contributed by atoms with Gasteiger partial charge in [-0.05, 0) is 61.2 Å². The van der Waals surface area contributed by atoms with E-state index < -0.39 is 0 Å². The van der Waals surface area contributed by atoms with Gasteiger partial charge in [0, 0.05) is 5.57 Å². The van der Waals surface area contributed by atoms with Crippen molar-refractivity contribution >= 4 is 11.9 Å². The third-order valence-corrected chi connectivity index (χ3v) is 4.02. The topological polar surface area (TPSA) is 26.3 Å². The minimum Gasteiger partial charge on any atom is -0.488 e. The lowest BCUT2D eigenvalue weighted by molar-refractivity contribution is 0.100. The fourth-order valence-corrected chi connectivity index (χ4v) is 2.61. The van der Waals surface area contributed by atoms with Crippen LogP contribution in [0.5, 0.6) is 5.75 Å². The number of ketones is 1. The average Bonchev–Trinajstić information content (AvgIpc) is 2.48. The first-order chi connectivity index (χ1) is 10.1. The summed E-state index contributed by atoms with van der Waals surface area (Å²) in [6.45, 7) is 6.60. The van der Waals surface area contributed by atoms with E-state index in [9.17, 15) is 4.79 Å². The van der Waals surface area contributed by atoms with Crippen LogP contribution in [-0.2, 0) is 0 Å². The lowest BCUT2D eigenvalue weighted by Gasteiger charge is -2.19. The largest absolute Gasteiger partial charge is 0.488 e. The number of carbonyl (C=O) groups excluding carboxylic acids is 1. The van der Waals surface area contributed by atoms with Crippen molar-refractivity contribution in [2.45, 2.75) is 20.8 Å². The molecule has 0 unspecified atom stereocenters. The second-order valence-corrected chi connectivity index (χ2v) is 5.58. The Kier molecular flexibility index (Phi) is 3.38. The van der Waals surface area contributed by atoms with Gasteiger partial charge in [0.05, 0.1) is 5.56 Å². The van der Waals surface area contributed by atoms with Gasteiger partial charge in [-0.1, -0.05) is 24.3 Å². The van der Waals surface area contributed by atoms with E-state index in [2.05, 4.69) is 32.9 Å². The van der Waals surface area contributed by atoms with Gasteiger partial charge < -0.3 is 4.74 Å². The highest BCUT2D eigenvalue weighted by molar-refractivity contribution is 6.14. The number of rotatable bonds is 1. The van der Waals surface area contributed by atoms with E-state index in [4.69, 9.17) is 4.74 Å². The first kappa shape index (κ1) is 13.6. The molecule has 2 aromatic rings. The zero-order valence-electron chi connectivity index (χ0n) is 12.6. The number of fused-ring (bicyclic) bond motifs is 1. The molecule has 0 fully saturated rings. The number of ether oxygens (including phenoxy) is 1. The molecule has 106 valence electrons. The Hall–Kier alpha value is -2.35. The molecule has 0 radical (unpaired) electrons. The first-order valence-corrected chi connectivity index (χ1v) is 7.11. The summed E-state index contributed by atoms with van der Waals surface area (Å²) in [6.07, 6.45) is 1.96. The number of carbonyl (C=O) groups is 1. The minimum absolute atomic E-state index is 0.0643. The van der Waals surface area contributed by atoms with Gasteiger partial charge in [-0.25, -0.2) is 0 Å². The van der Waals surface area contributed by atoms with Crippen molar-refractivity contribution in [1.82, 2.24) is 0 Å². The first-order valence-electron chi connectivity index (χ1n) is 7.11. The standard InChI is InChI=1S/C19H18O2/c1-12-8-14(3)15(9-13(12)2)10-16-11-21-18-7-5-4-6-17(18)19(16)20/h4-10H,11H2,1-3H3. The van der Waals surface area contributed by atoms with Crippen molar-refractivity contribution in [1.29, 1.82) is 0 Å². The Balaban J connectivity index is 2.03. The molecule has 0 saturated carbocycles. The Bertz CT molecular complexity index is 754. The minimum atomic E-state index is 0.0643. The molecule has 1 aliphatic rings. The van der Waals surface area contributed by atoms with Crippen LogP contribution in [0.3, 0.4) is 0 Å². The van der Waals surface area contributed by atoms with Crippen molar-refractivity contribution < 1.29 is 9.53 Å². The number of Topliss-reactive ketones (excluding diaryl/α,β-unsaturated/α-hetero) is 1. The van der Waals surface area contributed by atoms with E-state index in [1.807, 2.05) is 30.3 Å². The van der Waals surface area contributed by atoms with Crippen molar-refractivity contribution in [3.63, 3.8) is 0 Å². The van der Waals surface area contributed by atoms with Gasteiger partial charge >= 0.3 is 0 Å². The maximum atomic E-state index is 12.5. The molecule has 0 spiro atoms. The van der Waals surface area contributed by atoms with Crippen LogP contribution in [0, 0.1) is 20.8 Å². The Morgan fingerprint density at radius 1 is 1.00 bits per heavy atom. The Morgan fingerprint density at radius 2 is 1.71 bits per heavy atom. The number of benzene rings is 2. The summed E-state index contributed by atoms with van der Waals surface area (Å²) in [5, 5.41) is 0. The van der Waals surface area contributed by atoms with Gasteiger partial charge in [-0.2, -0.15) is 0 Å². The van der Waals surface area contributed by atoms with Gasteiger partial charge in [0.25, 0.3) is 0 Å². The third-order valence-electron chi connectivity index (χ3n) is 4.02. The third kappa shape index (κ3) is 2.49. The average molecular weight is 278 g/mol. The molecule has 0 amide bonds. The predicted molar refractivity (Wildman–Crippen MR) is 84.9 cm³/mol. The van der Waals surface area contributed by atoms with Crippen molar-refractivity contribution in [3.8, 4) is 5.75 Å². The molecule has 2 aromatic carbocycles. The fourth-order valence-electron chi connectivity index (χ4n) is 2.61. The Morgan fingerprint density at radius 3 is 2.52 bits per heavy atom. The predicted octanol–water partition coefficient (Wildman–Crippen LogP) is 4.27. The molecule has 2 heteroatoms. The molecule has 21 heavy (non-hydrogen) atoms. The van der Waals surface area contributed by atoms with Crippen LogP contribution in [0.15, 0.2) is 42.0 Å². The highest BCUT2D eigenvalue weighted by atomic mass is 16.5. The van der Waals surface area contributed by atoms with Crippen LogP contribution in [-0.4, -0.2) is 12.4 Å². The molecule has 0 atom stereocenters. The van der Waals surface area contributed by atoms with Gasteiger partial charge in [0.15, 0.2) is 5.78 Å². The number of hydrogen-bond acceptors (Lipinski definition) is 2. The van der Waals surface area contributed by atoms with Crippen LogP contribution in [0.4, 0.5) is 0 Å². The molecular formula is C19H18O2. The molecule has 0 aromatic heterocycles. The zero-order valence-corrected chi connectivity index (χ0v) is 12.6. The normalized spacial score (nSPS) is 15.8. The summed E-state index contributed by atoms with van der Waals surface area (Å²) in [5.74, 6) is 0.742. The van der Waals surface area contributed by atoms with E-state index in [1.54, 1.807) is 0 Å². The zero-order chi connectivity index (χ0) is 15.0. The van der Waals surface area contributed by atoms with Gasteiger partial charge in [-0.15, -0.1) is 0 Å². The van der Waals surface area contributed by atoms with Crippen molar-refractivity contribution in [3.05, 3.63) is 69.8 Å².